The van der Waals surface area contributed by atoms with Crippen molar-refractivity contribution >= 4 is 0 Å². The van der Waals surface area contributed by atoms with E-state index in [0.29, 0.717) is 12.4 Å². The van der Waals surface area contributed by atoms with E-state index in [1.54, 1.807) is 6.33 Å². The summed E-state index contributed by atoms with van der Waals surface area (Å²) in [5.41, 5.74) is 6.71. The second-order valence-corrected chi connectivity index (χ2v) is 8.06. The Kier molecular flexibility index (Phi) is 6.01. The molecule has 0 spiro atoms. The van der Waals surface area contributed by atoms with E-state index in [1.807, 2.05) is 22.9 Å². The van der Waals surface area contributed by atoms with Crippen molar-refractivity contribution in [2.75, 3.05) is 0 Å². The van der Waals surface area contributed by atoms with E-state index < -0.39 is 0 Å². The molecule has 2 aromatic heterocycles. The molecule has 33 heavy (non-hydrogen) atoms. The SMILES string of the molecule is CCCCc1cccc(-c2ncn(Cc3ccc(-c4ccccc4-c4nnn[nH]4)cc3)n2)c1. The van der Waals surface area contributed by atoms with Crippen molar-refractivity contribution in [3.63, 3.8) is 0 Å². The van der Waals surface area contributed by atoms with Crippen LogP contribution in [0.2, 0.25) is 0 Å². The number of aromatic nitrogens is 7. The van der Waals surface area contributed by atoms with E-state index in [4.69, 9.17) is 5.10 Å². The van der Waals surface area contributed by atoms with Crippen molar-refractivity contribution in [2.24, 2.45) is 0 Å². The lowest BCUT2D eigenvalue weighted by Crippen LogP contribution is -2.00. The summed E-state index contributed by atoms with van der Waals surface area (Å²) in [5, 5.41) is 19.0. The molecule has 1 N–H and O–H groups in total. The highest BCUT2D eigenvalue weighted by atomic mass is 15.5. The normalized spacial score (nSPS) is 11.1. The Hall–Kier alpha value is -4.13. The van der Waals surface area contributed by atoms with Crippen LogP contribution in [0.1, 0.15) is 30.9 Å². The van der Waals surface area contributed by atoms with E-state index in [0.717, 1.165) is 40.1 Å². The molecule has 0 aliphatic rings. The number of benzene rings is 3. The maximum absolute atomic E-state index is 4.70. The molecule has 0 aliphatic carbocycles. The van der Waals surface area contributed by atoms with Crippen molar-refractivity contribution in [2.45, 2.75) is 32.7 Å². The van der Waals surface area contributed by atoms with E-state index in [2.05, 4.69) is 87.1 Å². The topological polar surface area (TPSA) is 85.2 Å². The summed E-state index contributed by atoms with van der Waals surface area (Å²) in [7, 11) is 0. The van der Waals surface area contributed by atoms with Crippen LogP contribution in [-0.2, 0) is 13.0 Å². The summed E-state index contributed by atoms with van der Waals surface area (Å²) in [4.78, 5) is 4.54. The van der Waals surface area contributed by atoms with Crippen molar-refractivity contribution in [3.8, 4) is 33.9 Å². The lowest BCUT2D eigenvalue weighted by molar-refractivity contribution is 0.687. The maximum Gasteiger partial charge on any atom is 0.181 e. The molecule has 0 saturated carbocycles. The van der Waals surface area contributed by atoms with Gasteiger partial charge < -0.3 is 0 Å². The van der Waals surface area contributed by atoms with Gasteiger partial charge in [-0.15, -0.1) is 5.10 Å². The standard InChI is InChI=1S/C26H25N7/c1-2-3-7-19-8-6-9-22(16-19)25-27-18-33(30-25)17-20-12-14-21(15-13-20)23-10-4-5-11-24(23)26-28-31-32-29-26/h4-6,8-16,18H,2-3,7,17H2,1H3,(H,28,29,31,32). The Morgan fingerprint density at radius 1 is 0.848 bits per heavy atom. The number of nitrogens with zero attached hydrogens (tertiary/aromatic N) is 6. The van der Waals surface area contributed by atoms with Gasteiger partial charge in [-0.05, 0) is 51.6 Å². The second-order valence-electron chi connectivity index (χ2n) is 8.06. The number of unbranched alkanes of at least 4 members (excludes halogenated alkanes) is 1. The van der Waals surface area contributed by atoms with Gasteiger partial charge in [0.25, 0.3) is 0 Å². The van der Waals surface area contributed by atoms with Gasteiger partial charge in [-0.2, -0.15) is 5.10 Å². The predicted molar refractivity (Wildman–Crippen MR) is 128 cm³/mol. The Morgan fingerprint density at radius 3 is 2.48 bits per heavy atom. The molecule has 5 aromatic rings. The van der Waals surface area contributed by atoms with Gasteiger partial charge in [-0.25, -0.2) is 14.8 Å². The Balaban J connectivity index is 1.32. The Bertz CT molecular complexity index is 1320. The van der Waals surface area contributed by atoms with Crippen LogP contribution in [-0.4, -0.2) is 35.4 Å². The van der Waals surface area contributed by atoms with Crippen molar-refractivity contribution in [1.82, 2.24) is 35.4 Å². The minimum Gasteiger partial charge on any atom is -0.248 e. The summed E-state index contributed by atoms with van der Waals surface area (Å²) in [5.74, 6) is 1.42. The molecule has 3 aromatic carbocycles. The van der Waals surface area contributed by atoms with Crippen LogP contribution in [0.5, 0.6) is 0 Å². The summed E-state index contributed by atoms with van der Waals surface area (Å²) in [6.07, 6.45) is 5.28. The van der Waals surface area contributed by atoms with Gasteiger partial charge in [0.1, 0.15) is 6.33 Å². The summed E-state index contributed by atoms with van der Waals surface area (Å²) in [6, 6.07) is 25.1. The molecule has 0 unspecified atom stereocenters. The molecule has 0 aliphatic heterocycles. The molecule has 0 bridgehead atoms. The van der Waals surface area contributed by atoms with Crippen LogP contribution >= 0.6 is 0 Å². The minimum atomic E-state index is 0.656. The molecule has 0 fully saturated rings. The molecule has 2 heterocycles. The van der Waals surface area contributed by atoms with E-state index in [1.165, 1.54) is 18.4 Å². The lowest BCUT2D eigenvalue weighted by Gasteiger charge is -2.08. The fourth-order valence-corrected chi connectivity index (χ4v) is 3.94. The number of H-pyrrole nitrogens is 1. The van der Waals surface area contributed by atoms with Crippen LogP contribution in [0.4, 0.5) is 0 Å². The first-order valence-electron chi connectivity index (χ1n) is 11.2. The van der Waals surface area contributed by atoms with Crippen LogP contribution in [0.3, 0.4) is 0 Å². The van der Waals surface area contributed by atoms with Gasteiger partial charge in [-0.1, -0.05) is 80.1 Å². The lowest BCUT2D eigenvalue weighted by atomic mass is 9.98. The second kappa shape index (κ2) is 9.56. The van der Waals surface area contributed by atoms with E-state index in [-0.39, 0.29) is 0 Å². The predicted octanol–water partition coefficient (Wildman–Crippen LogP) is 5.18. The van der Waals surface area contributed by atoms with Crippen LogP contribution in [0.25, 0.3) is 33.9 Å². The molecular formula is C26H25N7. The van der Waals surface area contributed by atoms with E-state index >= 15 is 0 Å². The number of tetrazole rings is 1. The zero-order valence-corrected chi connectivity index (χ0v) is 18.5. The summed E-state index contributed by atoms with van der Waals surface area (Å²) in [6.45, 7) is 2.88. The maximum atomic E-state index is 4.70. The fraction of sp³-hybridized carbons (Fsp3) is 0.192. The zero-order chi connectivity index (χ0) is 22.5. The molecule has 0 saturated heterocycles. The Labute approximate surface area is 192 Å². The van der Waals surface area contributed by atoms with Crippen LogP contribution < -0.4 is 0 Å². The summed E-state index contributed by atoms with van der Waals surface area (Å²) < 4.78 is 1.89. The van der Waals surface area contributed by atoms with Crippen molar-refractivity contribution in [1.29, 1.82) is 0 Å². The first kappa shape index (κ1) is 20.8. The molecule has 7 heteroatoms. The monoisotopic (exact) mass is 435 g/mol. The average Bonchev–Trinajstić information content (AvgIpc) is 3.56. The molecule has 0 atom stereocenters. The minimum absolute atomic E-state index is 0.656. The average molecular weight is 436 g/mol. The van der Waals surface area contributed by atoms with Gasteiger partial charge >= 0.3 is 0 Å². The molecular weight excluding hydrogens is 410 g/mol. The fourth-order valence-electron chi connectivity index (χ4n) is 3.94. The third-order valence-corrected chi connectivity index (χ3v) is 5.68. The van der Waals surface area contributed by atoms with Crippen molar-refractivity contribution in [3.05, 3.63) is 90.3 Å². The first-order valence-corrected chi connectivity index (χ1v) is 11.2. The molecule has 0 amide bonds. The molecule has 0 radical (unpaired) electrons. The van der Waals surface area contributed by atoms with Gasteiger partial charge in [0, 0.05) is 11.1 Å². The number of hydrogen-bond donors (Lipinski definition) is 1. The number of hydrogen-bond acceptors (Lipinski definition) is 5. The highest BCUT2D eigenvalue weighted by Crippen LogP contribution is 2.29. The summed E-state index contributed by atoms with van der Waals surface area (Å²) >= 11 is 0. The number of nitrogens with one attached hydrogen (secondary N) is 1. The first-order chi connectivity index (χ1) is 16.3. The van der Waals surface area contributed by atoms with Gasteiger partial charge in [0.15, 0.2) is 11.6 Å². The van der Waals surface area contributed by atoms with Gasteiger partial charge in [0.2, 0.25) is 0 Å². The highest BCUT2D eigenvalue weighted by Gasteiger charge is 2.10. The van der Waals surface area contributed by atoms with E-state index in [9.17, 15) is 0 Å². The third kappa shape index (κ3) is 4.72. The zero-order valence-electron chi connectivity index (χ0n) is 18.5. The van der Waals surface area contributed by atoms with Gasteiger partial charge in [-0.3, -0.25) is 0 Å². The smallest absolute Gasteiger partial charge is 0.181 e. The molecule has 5 rings (SSSR count). The largest absolute Gasteiger partial charge is 0.248 e. The highest BCUT2D eigenvalue weighted by molar-refractivity contribution is 5.80. The molecule has 164 valence electrons. The number of aromatic amines is 1. The molecule has 7 nitrogen and oxygen atoms in total. The number of rotatable bonds is 8. The van der Waals surface area contributed by atoms with Crippen LogP contribution in [0.15, 0.2) is 79.1 Å². The van der Waals surface area contributed by atoms with Crippen molar-refractivity contribution < 1.29 is 0 Å². The Morgan fingerprint density at radius 2 is 1.70 bits per heavy atom. The van der Waals surface area contributed by atoms with Crippen LogP contribution in [0, 0.1) is 0 Å². The quantitative estimate of drug-likeness (QED) is 0.363. The third-order valence-electron chi connectivity index (χ3n) is 5.68. The van der Waals surface area contributed by atoms with Gasteiger partial charge in [0.05, 0.1) is 6.54 Å². The number of aryl methyl sites for hydroxylation is 1.